The Balaban J connectivity index is 1.44. The van der Waals surface area contributed by atoms with Gasteiger partial charge >= 0.3 is 0 Å². The molecule has 0 unspecified atom stereocenters. The van der Waals surface area contributed by atoms with Crippen molar-refractivity contribution < 1.29 is 9.59 Å². The van der Waals surface area contributed by atoms with Gasteiger partial charge in [-0.05, 0) is 43.0 Å². The maximum absolute atomic E-state index is 12.2. The third-order valence-electron chi connectivity index (χ3n) is 4.68. The van der Waals surface area contributed by atoms with Crippen LogP contribution in [0, 0.1) is 11.8 Å². The fraction of sp³-hybridized carbons (Fsp3) is 0.529. The normalized spacial score (nSPS) is 24.4. The van der Waals surface area contributed by atoms with Gasteiger partial charge in [0.2, 0.25) is 11.8 Å². The topological polar surface area (TPSA) is 61.4 Å². The van der Waals surface area contributed by atoms with E-state index in [-0.39, 0.29) is 17.7 Å². The maximum atomic E-state index is 12.2. The van der Waals surface area contributed by atoms with E-state index in [9.17, 15) is 9.59 Å². The summed E-state index contributed by atoms with van der Waals surface area (Å²) in [6, 6.07) is 7.88. The number of hydrogen-bond acceptors (Lipinski definition) is 3. The summed E-state index contributed by atoms with van der Waals surface area (Å²) in [6.45, 7) is 3.12. The molecule has 1 aromatic carbocycles. The number of nitrogens with one attached hydrogen (secondary N) is 2. The van der Waals surface area contributed by atoms with E-state index in [0.29, 0.717) is 31.8 Å². The molecule has 5 nitrogen and oxygen atoms in total. The van der Waals surface area contributed by atoms with Crippen LogP contribution in [0.25, 0.3) is 0 Å². The Bertz CT molecular complexity index is 566. The van der Waals surface area contributed by atoms with Crippen molar-refractivity contribution in [1.82, 2.24) is 10.6 Å². The van der Waals surface area contributed by atoms with Gasteiger partial charge in [-0.3, -0.25) is 9.59 Å². The van der Waals surface area contributed by atoms with Gasteiger partial charge in [-0.2, -0.15) is 0 Å². The standard InChI is InChI=1S/C17H22ClN3O2/c18-14-2-4-15(5-3-14)21-8-7-12(11-21)9-20-17(23)13-1-6-16(22)19-10-13/h2-5,12-13H,1,6-11H2,(H,19,22)(H,20,23)/t12-,13+/m0/s1. The molecule has 1 aromatic rings. The number of anilines is 1. The summed E-state index contributed by atoms with van der Waals surface area (Å²) in [5.74, 6) is 0.493. The molecule has 0 aliphatic carbocycles. The number of amides is 2. The van der Waals surface area contributed by atoms with E-state index >= 15 is 0 Å². The first-order valence-corrected chi connectivity index (χ1v) is 8.54. The van der Waals surface area contributed by atoms with Gasteiger partial charge in [-0.15, -0.1) is 0 Å². The lowest BCUT2D eigenvalue weighted by molar-refractivity contribution is -0.129. The Morgan fingerprint density at radius 2 is 2.09 bits per heavy atom. The van der Waals surface area contributed by atoms with E-state index in [1.807, 2.05) is 24.3 Å². The molecule has 2 fully saturated rings. The second-order valence-corrected chi connectivity index (χ2v) is 6.80. The van der Waals surface area contributed by atoms with Crippen LogP contribution in [0.15, 0.2) is 24.3 Å². The second-order valence-electron chi connectivity index (χ2n) is 6.36. The predicted molar refractivity (Wildman–Crippen MR) is 90.5 cm³/mol. The zero-order valence-corrected chi connectivity index (χ0v) is 13.8. The molecule has 2 atom stereocenters. The second kappa shape index (κ2) is 7.21. The van der Waals surface area contributed by atoms with Crippen molar-refractivity contribution in [3.05, 3.63) is 29.3 Å². The van der Waals surface area contributed by atoms with Gasteiger partial charge in [-0.1, -0.05) is 11.6 Å². The molecule has 6 heteroatoms. The number of carbonyl (C=O) groups excluding carboxylic acids is 2. The van der Waals surface area contributed by atoms with Crippen molar-refractivity contribution in [2.75, 3.05) is 31.1 Å². The molecule has 2 aliphatic heterocycles. The fourth-order valence-electron chi connectivity index (χ4n) is 3.23. The highest BCUT2D eigenvalue weighted by atomic mass is 35.5. The zero-order valence-electron chi connectivity index (χ0n) is 13.1. The lowest BCUT2D eigenvalue weighted by Gasteiger charge is -2.23. The average molecular weight is 336 g/mol. The third kappa shape index (κ3) is 4.16. The lowest BCUT2D eigenvalue weighted by atomic mass is 9.98. The number of hydrogen-bond donors (Lipinski definition) is 2. The molecule has 124 valence electrons. The van der Waals surface area contributed by atoms with Crippen molar-refractivity contribution >= 4 is 29.1 Å². The minimum atomic E-state index is -0.0820. The Labute approximate surface area is 141 Å². The fourth-order valence-corrected chi connectivity index (χ4v) is 3.36. The summed E-state index contributed by atoms with van der Waals surface area (Å²) in [4.78, 5) is 25.6. The van der Waals surface area contributed by atoms with Crippen molar-refractivity contribution in [3.8, 4) is 0 Å². The Morgan fingerprint density at radius 3 is 2.78 bits per heavy atom. The summed E-state index contributed by atoms with van der Waals surface area (Å²) >= 11 is 5.92. The molecule has 2 heterocycles. The number of halogens is 1. The number of rotatable bonds is 4. The first-order valence-electron chi connectivity index (χ1n) is 8.17. The number of piperidine rings is 1. The molecule has 2 N–H and O–H groups in total. The molecular formula is C17H22ClN3O2. The molecule has 2 saturated heterocycles. The van der Waals surface area contributed by atoms with Crippen molar-refractivity contribution in [2.45, 2.75) is 19.3 Å². The van der Waals surface area contributed by atoms with E-state index < -0.39 is 0 Å². The zero-order chi connectivity index (χ0) is 16.2. The number of benzene rings is 1. The number of carbonyl (C=O) groups is 2. The molecule has 2 amide bonds. The monoisotopic (exact) mass is 335 g/mol. The molecule has 23 heavy (non-hydrogen) atoms. The Hall–Kier alpha value is -1.75. The summed E-state index contributed by atoms with van der Waals surface area (Å²) < 4.78 is 0. The van der Waals surface area contributed by atoms with Crippen LogP contribution < -0.4 is 15.5 Å². The minimum Gasteiger partial charge on any atom is -0.371 e. The molecule has 2 aliphatic rings. The molecular weight excluding hydrogens is 314 g/mol. The predicted octanol–water partition coefficient (Wildman–Crippen LogP) is 1.81. The highest BCUT2D eigenvalue weighted by Gasteiger charge is 2.27. The molecule has 0 spiro atoms. The largest absolute Gasteiger partial charge is 0.371 e. The Kier molecular flexibility index (Phi) is 5.06. The molecule has 0 bridgehead atoms. The van der Waals surface area contributed by atoms with Gasteiger partial charge in [0, 0.05) is 43.3 Å². The van der Waals surface area contributed by atoms with Gasteiger partial charge in [-0.25, -0.2) is 0 Å². The number of nitrogens with zero attached hydrogens (tertiary/aromatic N) is 1. The van der Waals surface area contributed by atoms with Crippen LogP contribution in [-0.2, 0) is 9.59 Å². The third-order valence-corrected chi connectivity index (χ3v) is 4.93. The van der Waals surface area contributed by atoms with Crippen LogP contribution in [0.3, 0.4) is 0 Å². The van der Waals surface area contributed by atoms with Gasteiger partial charge in [0.1, 0.15) is 0 Å². The summed E-state index contributed by atoms with van der Waals surface area (Å²) in [5.41, 5.74) is 1.18. The van der Waals surface area contributed by atoms with E-state index in [1.54, 1.807) is 0 Å². The van der Waals surface area contributed by atoms with E-state index in [0.717, 1.165) is 24.5 Å². The molecule has 3 rings (SSSR count). The smallest absolute Gasteiger partial charge is 0.224 e. The van der Waals surface area contributed by atoms with Crippen LogP contribution in [0.1, 0.15) is 19.3 Å². The van der Waals surface area contributed by atoms with Crippen molar-refractivity contribution in [1.29, 1.82) is 0 Å². The average Bonchev–Trinajstić information content (AvgIpc) is 3.03. The van der Waals surface area contributed by atoms with Crippen LogP contribution in [0.2, 0.25) is 5.02 Å². The minimum absolute atomic E-state index is 0.0449. The summed E-state index contributed by atoms with van der Waals surface area (Å²) in [6.07, 6.45) is 2.18. The van der Waals surface area contributed by atoms with Crippen LogP contribution >= 0.6 is 11.6 Å². The lowest BCUT2D eigenvalue weighted by Crippen LogP contribution is -2.44. The van der Waals surface area contributed by atoms with Crippen LogP contribution in [-0.4, -0.2) is 38.0 Å². The SMILES string of the molecule is O=C1CC[C@@H](C(=O)NC[C@@H]2CCN(c3ccc(Cl)cc3)C2)CN1. The van der Waals surface area contributed by atoms with Gasteiger partial charge in [0.25, 0.3) is 0 Å². The van der Waals surface area contributed by atoms with Crippen LogP contribution in [0.5, 0.6) is 0 Å². The van der Waals surface area contributed by atoms with Crippen molar-refractivity contribution in [3.63, 3.8) is 0 Å². The molecule has 0 saturated carbocycles. The molecule has 0 aromatic heterocycles. The highest BCUT2D eigenvalue weighted by Crippen LogP contribution is 2.25. The maximum Gasteiger partial charge on any atom is 0.224 e. The van der Waals surface area contributed by atoms with Gasteiger partial charge in [0.15, 0.2) is 0 Å². The molecule has 0 radical (unpaired) electrons. The van der Waals surface area contributed by atoms with E-state index in [2.05, 4.69) is 15.5 Å². The van der Waals surface area contributed by atoms with Gasteiger partial charge in [0.05, 0.1) is 5.92 Å². The summed E-state index contributed by atoms with van der Waals surface area (Å²) in [7, 11) is 0. The highest BCUT2D eigenvalue weighted by molar-refractivity contribution is 6.30. The first-order chi connectivity index (χ1) is 11.1. The first kappa shape index (κ1) is 16.1. The Morgan fingerprint density at radius 1 is 1.30 bits per heavy atom. The van der Waals surface area contributed by atoms with E-state index in [1.165, 1.54) is 5.69 Å². The van der Waals surface area contributed by atoms with E-state index in [4.69, 9.17) is 11.6 Å². The van der Waals surface area contributed by atoms with Crippen LogP contribution in [0.4, 0.5) is 5.69 Å². The van der Waals surface area contributed by atoms with Gasteiger partial charge < -0.3 is 15.5 Å². The summed E-state index contributed by atoms with van der Waals surface area (Å²) in [5, 5.41) is 6.55. The van der Waals surface area contributed by atoms with Crippen molar-refractivity contribution in [2.24, 2.45) is 11.8 Å². The quantitative estimate of drug-likeness (QED) is 0.882.